The lowest BCUT2D eigenvalue weighted by atomic mass is 9.70. The standard InChI is InChI=1S/C38H39ClN4O4S/c1-2-3-12-33(44)40-15-20-43-38(29-14-13-26(39)23-32(29)48(43,45)46)30-21-24-8-4-16-41-18-6-10-27(34(24)41)36(30)47-37-28-11-7-19-42-17-5-9-25(35(28)42)22-31(37)38/h1,13-14,21-23H,3-12,15-20H2,(H,40,44). The summed E-state index contributed by atoms with van der Waals surface area (Å²) in [5.41, 5.74) is 8.73. The van der Waals surface area contributed by atoms with Crippen LogP contribution in [0.2, 0.25) is 5.02 Å². The van der Waals surface area contributed by atoms with E-state index in [4.69, 9.17) is 22.8 Å². The van der Waals surface area contributed by atoms with E-state index >= 15 is 0 Å². The number of terminal acetylenes is 1. The molecule has 48 heavy (non-hydrogen) atoms. The van der Waals surface area contributed by atoms with E-state index in [-0.39, 0.29) is 30.3 Å². The largest absolute Gasteiger partial charge is 0.456 e. The van der Waals surface area contributed by atoms with E-state index in [2.05, 4.69) is 33.2 Å². The fourth-order valence-corrected chi connectivity index (χ4v) is 11.8. The average Bonchev–Trinajstić information content (AvgIpc) is 3.28. The van der Waals surface area contributed by atoms with Crippen LogP contribution in [-0.2, 0) is 46.0 Å². The molecule has 10 heteroatoms. The van der Waals surface area contributed by atoms with Crippen molar-refractivity contribution in [3.8, 4) is 23.8 Å². The minimum atomic E-state index is -4.06. The SMILES string of the molecule is C#CCCC(=O)NCCN1C2(c3ccc(Cl)cc3S1(=O)=O)c1cc3c4c(c1Oc1c2cc2c5c1CCCN5CCC2)CCCN4CCC3. The summed E-state index contributed by atoms with van der Waals surface area (Å²) in [5.74, 6) is 3.93. The van der Waals surface area contributed by atoms with Crippen molar-refractivity contribution in [3.63, 3.8) is 0 Å². The van der Waals surface area contributed by atoms with Crippen LogP contribution in [0.5, 0.6) is 11.5 Å². The van der Waals surface area contributed by atoms with Gasteiger partial charge in [-0.2, -0.15) is 4.31 Å². The van der Waals surface area contributed by atoms with Crippen LogP contribution in [0.1, 0.15) is 77.5 Å². The Morgan fingerprint density at radius 2 is 1.46 bits per heavy atom. The van der Waals surface area contributed by atoms with Gasteiger partial charge in [0.2, 0.25) is 15.9 Å². The molecule has 248 valence electrons. The van der Waals surface area contributed by atoms with Gasteiger partial charge in [-0.3, -0.25) is 4.79 Å². The topological polar surface area (TPSA) is 82.2 Å². The van der Waals surface area contributed by atoms with Crippen molar-refractivity contribution in [1.82, 2.24) is 9.62 Å². The maximum absolute atomic E-state index is 15.0. The summed E-state index contributed by atoms with van der Waals surface area (Å²) in [7, 11) is -4.06. The number of nitrogens with zero attached hydrogens (tertiary/aromatic N) is 3. The zero-order chi connectivity index (χ0) is 32.8. The van der Waals surface area contributed by atoms with E-state index in [0.29, 0.717) is 17.0 Å². The van der Waals surface area contributed by atoms with E-state index in [9.17, 15) is 13.2 Å². The van der Waals surface area contributed by atoms with Gasteiger partial charge in [0.1, 0.15) is 17.0 Å². The third kappa shape index (κ3) is 4.18. The zero-order valence-electron chi connectivity index (χ0n) is 27.0. The Hall–Kier alpha value is -3.71. The van der Waals surface area contributed by atoms with Gasteiger partial charge in [0, 0.05) is 96.3 Å². The minimum absolute atomic E-state index is 0.0758. The average molecular weight is 683 g/mol. The number of aryl methyl sites for hydroxylation is 2. The van der Waals surface area contributed by atoms with Crippen molar-refractivity contribution in [3.05, 3.63) is 74.3 Å². The molecule has 0 saturated carbocycles. The van der Waals surface area contributed by atoms with Crippen molar-refractivity contribution < 1.29 is 17.9 Å². The molecule has 3 aromatic rings. The molecule has 1 spiro atoms. The van der Waals surface area contributed by atoms with Crippen molar-refractivity contribution in [2.75, 3.05) is 49.1 Å². The summed E-state index contributed by atoms with van der Waals surface area (Å²) in [5, 5.41) is 3.33. The maximum Gasteiger partial charge on any atom is 0.244 e. The number of ether oxygens (including phenoxy) is 1. The van der Waals surface area contributed by atoms with Gasteiger partial charge in [0.05, 0.1) is 4.90 Å². The third-order valence-corrected chi connectivity index (χ3v) is 13.5. The number of carbonyl (C=O) groups is 1. The quantitative estimate of drug-likeness (QED) is 0.350. The number of benzene rings is 3. The highest BCUT2D eigenvalue weighted by Gasteiger charge is 2.61. The van der Waals surface area contributed by atoms with Gasteiger partial charge in [-0.25, -0.2) is 8.42 Å². The maximum atomic E-state index is 15.0. The normalized spacial score (nSPS) is 20.5. The second kappa shape index (κ2) is 11.2. The van der Waals surface area contributed by atoms with Crippen molar-refractivity contribution >= 4 is 38.9 Å². The molecular formula is C38H39ClN4O4S. The predicted molar refractivity (Wildman–Crippen MR) is 187 cm³/mol. The van der Waals surface area contributed by atoms with Crippen LogP contribution in [0, 0.1) is 12.3 Å². The molecule has 8 nitrogen and oxygen atoms in total. The molecule has 0 fully saturated rings. The lowest BCUT2D eigenvalue weighted by molar-refractivity contribution is -0.121. The minimum Gasteiger partial charge on any atom is -0.456 e. The second-order valence-electron chi connectivity index (χ2n) is 14.0. The number of carbonyl (C=O) groups excluding carboxylic acids is 1. The highest BCUT2D eigenvalue weighted by Crippen LogP contribution is 2.64. The fourth-order valence-electron chi connectivity index (χ4n) is 9.54. The smallest absolute Gasteiger partial charge is 0.244 e. The van der Waals surface area contributed by atoms with Crippen LogP contribution in [0.3, 0.4) is 0 Å². The molecule has 6 aliphatic heterocycles. The van der Waals surface area contributed by atoms with Crippen molar-refractivity contribution in [1.29, 1.82) is 0 Å². The Morgan fingerprint density at radius 3 is 2.04 bits per heavy atom. The highest BCUT2D eigenvalue weighted by atomic mass is 35.5. The summed E-state index contributed by atoms with van der Waals surface area (Å²) in [6.45, 7) is 4.32. The molecule has 3 aromatic carbocycles. The first kappa shape index (κ1) is 30.4. The van der Waals surface area contributed by atoms with Crippen LogP contribution in [0.25, 0.3) is 0 Å². The molecule has 0 atom stereocenters. The predicted octanol–water partition coefficient (Wildman–Crippen LogP) is 5.67. The molecule has 1 N–H and O–H groups in total. The number of amides is 1. The van der Waals surface area contributed by atoms with Gasteiger partial charge in [-0.15, -0.1) is 12.3 Å². The summed E-state index contributed by atoms with van der Waals surface area (Å²) >= 11 is 6.56. The molecule has 0 aliphatic carbocycles. The van der Waals surface area contributed by atoms with Crippen LogP contribution in [-0.4, -0.2) is 57.9 Å². The summed E-state index contributed by atoms with van der Waals surface area (Å²) in [4.78, 5) is 17.9. The van der Waals surface area contributed by atoms with Gasteiger partial charge in [-0.05, 0) is 86.8 Å². The molecule has 6 heterocycles. The number of hydrogen-bond donors (Lipinski definition) is 1. The number of sulfonamides is 1. The van der Waals surface area contributed by atoms with Crippen LogP contribution < -0.4 is 19.9 Å². The first-order valence-corrected chi connectivity index (χ1v) is 19.2. The summed E-state index contributed by atoms with van der Waals surface area (Å²) < 4.78 is 38.8. The lowest BCUT2D eigenvalue weighted by Crippen LogP contribution is -2.50. The van der Waals surface area contributed by atoms with E-state index in [0.717, 1.165) is 100 Å². The molecular weight excluding hydrogens is 644 g/mol. The van der Waals surface area contributed by atoms with E-state index in [1.165, 1.54) is 33.6 Å². The van der Waals surface area contributed by atoms with E-state index in [1.807, 2.05) is 12.1 Å². The summed E-state index contributed by atoms with van der Waals surface area (Å²) in [6, 6.07) is 9.83. The van der Waals surface area contributed by atoms with Crippen molar-refractivity contribution in [2.45, 2.75) is 74.6 Å². The Kier molecular flexibility index (Phi) is 7.06. The van der Waals surface area contributed by atoms with E-state index in [1.54, 1.807) is 10.4 Å². The third-order valence-electron chi connectivity index (χ3n) is 11.3. The second-order valence-corrected chi connectivity index (χ2v) is 16.2. The molecule has 0 unspecified atom stereocenters. The van der Waals surface area contributed by atoms with Crippen LogP contribution in [0.4, 0.5) is 11.4 Å². The van der Waals surface area contributed by atoms with Gasteiger partial charge in [0.25, 0.3) is 0 Å². The number of anilines is 2. The number of halogens is 1. The lowest BCUT2D eigenvalue weighted by Gasteiger charge is -2.48. The van der Waals surface area contributed by atoms with Gasteiger partial charge in [0.15, 0.2) is 0 Å². The van der Waals surface area contributed by atoms with Crippen molar-refractivity contribution in [2.24, 2.45) is 0 Å². The van der Waals surface area contributed by atoms with Gasteiger partial charge in [-0.1, -0.05) is 17.7 Å². The Balaban J connectivity index is 1.35. The van der Waals surface area contributed by atoms with Crippen LogP contribution >= 0.6 is 11.6 Å². The Bertz CT molecular complexity index is 1970. The fraction of sp³-hybridized carbons (Fsp3) is 0.447. The molecule has 6 aliphatic rings. The monoisotopic (exact) mass is 682 g/mol. The summed E-state index contributed by atoms with van der Waals surface area (Å²) in [6.07, 6.45) is 13.7. The molecule has 0 aromatic heterocycles. The molecule has 1 amide bonds. The first-order chi connectivity index (χ1) is 23.3. The molecule has 9 rings (SSSR count). The highest BCUT2D eigenvalue weighted by molar-refractivity contribution is 7.89. The van der Waals surface area contributed by atoms with Gasteiger partial charge < -0.3 is 19.9 Å². The Labute approximate surface area is 287 Å². The number of hydrogen-bond acceptors (Lipinski definition) is 6. The number of rotatable bonds is 5. The Morgan fingerprint density at radius 1 is 0.875 bits per heavy atom. The molecule has 0 bridgehead atoms. The van der Waals surface area contributed by atoms with Crippen LogP contribution in [0.15, 0.2) is 35.2 Å². The number of fused-ring (bicyclic) bond motifs is 8. The van der Waals surface area contributed by atoms with Gasteiger partial charge >= 0.3 is 0 Å². The van der Waals surface area contributed by atoms with E-state index < -0.39 is 15.6 Å². The number of nitrogens with one attached hydrogen (secondary N) is 1. The molecule has 0 saturated heterocycles. The molecule has 0 radical (unpaired) electrons. The zero-order valence-corrected chi connectivity index (χ0v) is 28.6. The first-order valence-electron chi connectivity index (χ1n) is 17.4.